The smallest absolute Gasteiger partial charge is 0.255 e. The molecular weight excluding hydrogens is 304 g/mol. The number of aromatic nitrogens is 3. The molecule has 0 bridgehead atoms. The molecule has 24 heavy (non-hydrogen) atoms. The van der Waals surface area contributed by atoms with Crippen molar-refractivity contribution in [3.63, 3.8) is 0 Å². The maximum absolute atomic E-state index is 12.5. The summed E-state index contributed by atoms with van der Waals surface area (Å²) in [6.45, 7) is 3.04. The van der Waals surface area contributed by atoms with Gasteiger partial charge in [-0.3, -0.25) is 4.79 Å². The fraction of sp³-hybridized carbons (Fsp3) is 0.278. The highest BCUT2D eigenvalue weighted by atomic mass is 16.5. The molecule has 0 saturated carbocycles. The van der Waals surface area contributed by atoms with E-state index >= 15 is 0 Å². The summed E-state index contributed by atoms with van der Waals surface area (Å²) in [5, 5.41) is 3.84. The SMILES string of the molecule is Cc1nc(CCN(C)C(=O)c2ccn(Cc3ccccc3)c2)no1. The molecular formula is C18H20N4O2. The van der Waals surface area contributed by atoms with Crippen molar-refractivity contribution >= 4 is 5.91 Å². The van der Waals surface area contributed by atoms with Gasteiger partial charge in [-0.25, -0.2) is 0 Å². The number of carbonyl (C=O) groups excluding carboxylic acids is 1. The van der Waals surface area contributed by atoms with E-state index in [1.54, 1.807) is 18.9 Å². The Kier molecular flexibility index (Phi) is 4.74. The second-order valence-corrected chi connectivity index (χ2v) is 5.76. The van der Waals surface area contributed by atoms with Gasteiger partial charge in [-0.15, -0.1) is 0 Å². The van der Waals surface area contributed by atoms with E-state index in [9.17, 15) is 4.79 Å². The van der Waals surface area contributed by atoms with Crippen LogP contribution in [0, 0.1) is 6.92 Å². The zero-order valence-electron chi connectivity index (χ0n) is 13.8. The van der Waals surface area contributed by atoms with Crippen LogP contribution >= 0.6 is 0 Å². The molecule has 0 aliphatic carbocycles. The lowest BCUT2D eigenvalue weighted by Gasteiger charge is -2.15. The highest BCUT2D eigenvalue weighted by molar-refractivity contribution is 5.93. The number of nitrogens with zero attached hydrogens (tertiary/aromatic N) is 4. The normalized spacial score (nSPS) is 10.8. The van der Waals surface area contributed by atoms with E-state index in [-0.39, 0.29) is 5.91 Å². The third-order valence-electron chi connectivity index (χ3n) is 3.79. The topological polar surface area (TPSA) is 64.2 Å². The Morgan fingerprint density at radius 2 is 2.04 bits per heavy atom. The number of aryl methyl sites for hydroxylation is 1. The monoisotopic (exact) mass is 324 g/mol. The lowest BCUT2D eigenvalue weighted by Crippen LogP contribution is -2.28. The van der Waals surface area contributed by atoms with Crippen molar-refractivity contribution in [2.24, 2.45) is 0 Å². The highest BCUT2D eigenvalue weighted by Crippen LogP contribution is 2.09. The van der Waals surface area contributed by atoms with E-state index in [0.717, 1.165) is 6.54 Å². The number of rotatable bonds is 6. The molecule has 0 saturated heterocycles. The molecule has 6 nitrogen and oxygen atoms in total. The van der Waals surface area contributed by atoms with Gasteiger partial charge >= 0.3 is 0 Å². The molecule has 0 radical (unpaired) electrons. The van der Waals surface area contributed by atoms with Crippen molar-refractivity contribution in [1.29, 1.82) is 0 Å². The number of amides is 1. The molecule has 0 aliphatic rings. The minimum atomic E-state index is -0.0120. The van der Waals surface area contributed by atoms with Gasteiger partial charge in [-0.2, -0.15) is 4.98 Å². The Balaban J connectivity index is 1.58. The van der Waals surface area contributed by atoms with E-state index in [2.05, 4.69) is 22.3 Å². The Bertz CT molecular complexity index is 807. The zero-order valence-corrected chi connectivity index (χ0v) is 13.8. The van der Waals surface area contributed by atoms with Crippen LogP contribution in [-0.2, 0) is 13.0 Å². The molecule has 1 amide bonds. The first-order chi connectivity index (χ1) is 11.6. The van der Waals surface area contributed by atoms with Crippen molar-refractivity contribution in [3.05, 3.63) is 71.6 Å². The van der Waals surface area contributed by atoms with Gasteiger partial charge in [0.05, 0.1) is 5.56 Å². The second kappa shape index (κ2) is 7.12. The first-order valence-corrected chi connectivity index (χ1v) is 7.86. The van der Waals surface area contributed by atoms with Crippen molar-refractivity contribution in [3.8, 4) is 0 Å². The Hall–Kier alpha value is -2.89. The van der Waals surface area contributed by atoms with Crippen LogP contribution in [0.3, 0.4) is 0 Å². The lowest BCUT2D eigenvalue weighted by atomic mass is 10.2. The molecule has 0 unspecified atom stereocenters. The van der Waals surface area contributed by atoms with Gasteiger partial charge in [0.2, 0.25) is 5.89 Å². The molecule has 0 aliphatic heterocycles. The van der Waals surface area contributed by atoms with Crippen LogP contribution in [0.15, 0.2) is 53.3 Å². The summed E-state index contributed by atoms with van der Waals surface area (Å²) in [5.41, 5.74) is 1.88. The number of likely N-dealkylation sites (N-methyl/N-ethyl adjacent to an activating group) is 1. The predicted molar refractivity (Wildman–Crippen MR) is 89.7 cm³/mol. The minimum Gasteiger partial charge on any atom is -0.349 e. The van der Waals surface area contributed by atoms with Crippen LogP contribution in [0.5, 0.6) is 0 Å². The summed E-state index contributed by atoms with van der Waals surface area (Å²) in [7, 11) is 1.78. The van der Waals surface area contributed by atoms with E-state index < -0.39 is 0 Å². The van der Waals surface area contributed by atoms with Gasteiger partial charge in [0.15, 0.2) is 5.82 Å². The van der Waals surface area contributed by atoms with Gasteiger partial charge in [0.1, 0.15) is 0 Å². The Morgan fingerprint density at radius 1 is 1.25 bits per heavy atom. The van der Waals surface area contributed by atoms with Gasteiger partial charge in [-0.05, 0) is 11.6 Å². The highest BCUT2D eigenvalue weighted by Gasteiger charge is 2.14. The summed E-state index contributed by atoms with van der Waals surface area (Å²) in [6, 6.07) is 12.0. The molecule has 3 rings (SSSR count). The van der Waals surface area contributed by atoms with E-state index in [0.29, 0.717) is 30.2 Å². The van der Waals surface area contributed by atoms with E-state index in [1.807, 2.05) is 41.2 Å². The van der Waals surface area contributed by atoms with Gasteiger partial charge < -0.3 is 14.0 Å². The molecule has 124 valence electrons. The van der Waals surface area contributed by atoms with Crippen LogP contribution in [0.4, 0.5) is 0 Å². The van der Waals surface area contributed by atoms with Crippen molar-refractivity contribution < 1.29 is 9.32 Å². The Labute approximate surface area is 140 Å². The van der Waals surface area contributed by atoms with Crippen molar-refractivity contribution in [1.82, 2.24) is 19.6 Å². The number of hydrogen-bond acceptors (Lipinski definition) is 4. The molecule has 2 heterocycles. The maximum Gasteiger partial charge on any atom is 0.255 e. The fourth-order valence-electron chi connectivity index (χ4n) is 2.49. The first-order valence-electron chi connectivity index (χ1n) is 7.86. The molecule has 1 aromatic carbocycles. The van der Waals surface area contributed by atoms with Crippen molar-refractivity contribution in [2.45, 2.75) is 19.9 Å². The molecule has 0 spiro atoms. The van der Waals surface area contributed by atoms with Crippen LogP contribution in [0.1, 0.15) is 27.6 Å². The van der Waals surface area contributed by atoms with Gasteiger partial charge in [0.25, 0.3) is 5.91 Å². The molecule has 6 heteroatoms. The van der Waals surface area contributed by atoms with Crippen LogP contribution in [-0.4, -0.2) is 39.1 Å². The molecule has 0 atom stereocenters. The zero-order chi connectivity index (χ0) is 16.9. The molecule has 0 fully saturated rings. The maximum atomic E-state index is 12.5. The van der Waals surface area contributed by atoms with Crippen LogP contribution in [0.2, 0.25) is 0 Å². The van der Waals surface area contributed by atoms with Gasteiger partial charge in [-0.1, -0.05) is 35.5 Å². The molecule has 0 N–H and O–H groups in total. The third-order valence-corrected chi connectivity index (χ3v) is 3.79. The van der Waals surface area contributed by atoms with E-state index in [4.69, 9.17) is 4.52 Å². The number of benzene rings is 1. The number of carbonyl (C=O) groups is 1. The summed E-state index contributed by atoms with van der Waals surface area (Å²) in [5.74, 6) is 1.15. The van der Waals surface area contributed by atoms with Crippen LogP contribution < -0.4 is 0 Å². The summed E-state index contributed by atoms with van der Waals surface area (Å²) < 4.78 is 6.95. The fourth-order valence-corrected chi connectivity index (χ4v) is 2.49. The van der Waals surface area contributed by atoms with E-state index in [1.165, 1.54) is 5.56 Å². The minimum absolute atomic E-state index is 0.0120. The van der Waals surface area contributed by atoms with Gasteiger partial charge in [0, 0.05) is 45.9 Å². The lowest BCUT2D eigenvalue weighted by molar-refractivity contribution is 0.0795. The third kappa shape index (κ3) is 3.90. The number of hydrogen-bond donors (Lipinski definition) is 0. The molecule has 2 aromatic heterocycles. The first kappa shape index (κ1) is 16.0. The average Bonchev–Trinajstić information content (AvgIpc) is 3.22. The quantitative estimate of drug-likeness (QED) is 0.699. The summed E-state index contributed by atoms with van der Waals surface area (Å²) in [6.07, 6.45) is 4.38. The van der Waals surface area contributed by atoms with Crippen molar-refractivity contribution in [2.75, 3.05) is 13.6 Å². The summed E-state index contributed by atoms with van der Waals surface area (Å²) >= 11 is 0. The predicted octanol–water partition coefficient (Wildman–Crippen LogP) is 2.54. The summed E-state index contributed by atoms with van der Waals surface area (Å²) in [4.78, 5) is 18.3. The Morgan fingerprint density at radius 3 is 2.75 bits per heavy atom. The standard InChI is InChI=1S/C18H20N4O2/c1-14-19-17(20-24-14)9-10-21(2)18(23)16-8-11-22(13-16)12-15-6-4-3-5-7-15/h3-8,11,13H,9-10,12H2,1-2H3. The second-order valence-electron chi connectivity index (χ2n) is 5.76. The largest absolute Gasteiger partial charge is 0.349 e. The average molecular weight is 324 g/mol. The molecule has 3 aromatic rings. The van der Waals surface area contributed by atoms with Crippen LogP contribution in [0.25, 0.3) is 0 Å².